The number of pyridine rings is 1. The molecule has 4 heteroatoms. The summed E-state index contributed by atoms with van der Waals surface area (Å²) in [4.78, 5) is 16.7. The summed E-state index contributed by atoms with van der Waals surface area (Å²) in [6.07, 6.45) is 3.69. The van der Waals surface area contributed by atoms with Gasteiger partial charge in [-0.15, -0.1) is 0 Å². The number of benzene rings is 1. The van der Waals surface area contributed by atoms with Crippen LogP contribution in [-0.2, 0) is 11.2 Å². The molecule has 2 aromatic rings. The predicted molar refractivity (Wildman–Crippen MR) is 78.1 cm³/mol. The van der Waals surface area contributed by atoms with E-state index in [2.05, 4.69) is 28.5 Å². The zero-order valence-corrected chi connectivity index (χ0v) is 11.6. The summed E-state index contributed by atoms with van der Waals surface area (Å²) in [5.41, 5.74) is 3.48. The van der Waals surface area contributed by atoms with Crippen LogP contribution in [0, 0.1) is 0 Å². The summed E-state index contributed by atoms with van der Waals surface area (Å²) >= 11 is 0. The van der Waals surface area contributed by atoms with E-state index in [-0.39, 0.29) is 17.9 Å². The smallest absolute Gasteiger partial charge is 0.231 e. The van der Waals surface area contributed by atoms with E-state index in [1.807, 2.05) is 18.2 Å². The number of hydrogen-bond donors (Lipinski definition) is 1. The molecular formula is C17H16N2O2. The number of ether oxygens (including phenoxy) is 1. The Bertz CT molecular complexity index is 699. The van der Waals surface area contributed by atoms with Gasteiger partial charge < -0.3 is 10.1 Å². The summed E-state index contributed by atoms with van der Waals surface area (Å²) < 4.78 is 5.49. The first kappa shape index (κ1) is 12.4. The highest BCUT2D eigenvalue weighted by atomic mass is 16.5. The van der Waals surface area contributed by atoms with Crippen molar-refractivity contribution in [3.8, 4) is 5.88 Å². The molecule has 0 spiro atoms. The molecule has 1 aliphatic heterocycles. The van der Waals surface area contributed by atoms with Gasteiger partial charge in [0.15, 0.2) is 0 Å². The summed E-state index contributed by atoms with van der Waals surface area (Å²) in [5.74, 6) is 0.370. The zero-order chi connectivity index (χ0) is 14.2. The van der Waals surface area contributed by atoms with Gasteiger partial charge in [-0.2, -0.15) is 0 Å². The second kappa shape index (κ2) is 4.88. The minimum Gasteiger partial charge on any atom is -0.476 e. The molecule has 0 saturated carbocycles. The van der Waals surface area contributed by atoms with E-state index in [1.165, 1.54) is 11.1 Å². The van der Waals surface area contributed by atoms with E-state index >= 15 is 0 Å². The lowest BCUT2D eigenvalue weighted by molar-refractivity contribution is -0.123. The first-order valence-corrected chi connectivity index (χ1v) is 7.29. The summed E-state index contributed by atoms with van der Waals surface area (Å²) in [7, 11) is 0. The van der Waals surface area contributed by atoms with Crippen molar-refractivity contribution in [1.82, 2.24) is 10.3 Å². The normalized spacial score (nSPS) is 22.3. The van der Waals surface area contributed by atoms with Crippen molar-refractivity contribution in [2.45, 2.75) is 24.8 Å². The van der Waals surface area contributed by atoms with Crippen molar-refractivity contribution < 1.29 is 9.53 Å². The van der Waals surface area contributed by atoms with Crippen molar-refractivity contribution in [2.75, 3.05) is 6.61 Å². The number of carbonyl (C=O) groups is 1. The molecule has 4 nitrogen and oxygen atoms in total. The fourth-order valence-corrected chi connectivity index (χ4v) is 3.24. The topological polar surface area (TPSA) is 51.2 Å². The van der Waals surface area contributed by atoms with Gasteiger partial charge in [0.2, 0.25) is 11.8 Å². The Morgan fingerprint density at radius 3 is 3.00 bits per heavy atom. The molecule has 1 aromatic carbocycles. The second-order valence-corrected chi connectivity index (χ2v) is 5.56. The van der Waals surface area contributed by atoms with Crippen molar-refractivity contribution in [3.05, 3.63) is 59.3 Å². The lowest BCUT2D eigenvalue weighted by Crippen LogP contribution is -2.32. The highest BCUT2D eigenvalue weighted by Gasteiger charge is 2.33. The van der Waals surface area contributed by atoms with E-state index in [1.54, 1.807) is 6.20 Å². The zero-order valence-electron chi connectivity index (χ0n) is 11.6. The average Bonchev–Trinajstić information content (AvgIpc) is 3.12. The largest absolute Gasteiger partial charge is 0.476 e. The second-order valence-electron chi connectivity index (χ2n) is 5.56. The maximum atomic E-state index is 12.6. The summed E-state index contributed by atoms with van der Waals surface area (Å²) in [6.45, 7) is 0.381. The third-order valence-corrected chi connectivity index (χ3v) is 4.33. The van der Waals surface area contributed by atoms with E-state index < -0.39 is 0 Å². The van der Waals surface area contributed by atoms with Crippen LogP contribution in [0.4, 0.5) is 0 Å². The Balaban J connectivity index is 1.53. The lowest BCUT2D eigenvalue weighted by atomic mass is 10.0. The van der Waals surface area contributed by atoms with Gasteiger partial charge in [0.25, 0.3) is 0 Å². The van der Waals surface area contributed by atoms with Gasteiger partial charge in [0.05, 0.1) is 6.04 Å². The Morgan fingerprint density at radius 1 is 1.19 bits per heavy atom. The van der Waals surface area contributed by atoms with Gasteiger partial charge in [0.1, 0.15) is 12.5 Å². The Kier molecular flexibility index (Phi) is 2.88. The molecule has 4 rings (SSSR count). The number of hydrogen-bond acceptors (Lipinski definition) is 3. The molecule has 1 unspecified atom stereocenters. The molecule has 1 aromatic heterocycles. The SMILES string of the molecule is O=C(NC1CCc2ccccc21)[C@H]1COc2ncccc21. The molecule has 106 valence electrons. The maximum Gasteiger partial charge on any atom is 0.231 e. The number of rotatable bonds is 2. The number of amides is 1. The average molecular weight is 280 g/mol. The Labute approximate surface area is 123 Å². The van der Waals surface area contributed by atoms with Gasteiger partial charge in [-0.1, -0.05) is 30.3 Å². The highest BCUT2D eigenvalue weighted by Crippen LogP contribution is 2.34. The first-order chi connectivity index (χ1) is 10.3. The van der Waals surface area contributed by atoms with Crippen LogP contribution in [0.15, 0.2) is 42.6 Å². The molecule has 2 aliphatic rings. The number of fused-ring (bicyclic) bond motifs is 2. The van der Waals surface area contributed by atoms with E-state index in [9.17, 15) is 4.79 Å². The van der Waals surface area contributed by atoms with Crippen LogP contribution >= 0.6 is 0 Å². The Hall–Kier alpha value is -2.36. The fourth-order valence-electron chi connectivity index (χ4n) is 3.24. The van der Waals surface area contributed by atoms with Gasteiger partial charge >= 0.3 is 0 Å². The lowest BCUT2D eigenvalue weighted by Gasteiger charge is -2.16. The number of carbonyl (C=O) groups excluding carboxylic acids is 1. The number of aryl methyl sites for hydroxylation is 1. The summed E-state index contributed by atoms with van der Waals surface area (Å²) in [5, 5.41) is 3.17. The van der Waals surface area contributed by atoms with Gasteiger partial charge in [-0.25, -0.2) is 4.98 Å². The minimum atomic E-state index is -0.249. The van der Waals surface area contributed by atoms with Crippen molar-refractivity contribution in [1.29, 1.82) is 0 Å². The van der Waals surface area contributed by atoms with Crippen LogP contribution in [0.3, 0.4) is 0 Å². The summed E-state index contributed by atoms with van der Waals surface area (Å²) in [6, 6.07) is 12.2. The molecule has 0 fully saturated rings. The van der Waals surface area contributed by atoms with Crippen LogP contribution in [0.25, 0.3) is 0 Å². The third-order valence-electron chi connectivity index (χ3n) is 4.33. The highest BCUT2D eigenvalue weighted by molar-refractivity contribution is 5.85. The molecule has 21 heavy (non-hydrogen) atoms. The molecular weight excluding hydrogens is 264 g/mol. The number of aromatic nitrogens is 1. The van der Waals surface area contributed by atoms with Crippen LogP contribution in [0.1, 0.15) is 35.1 Å². The van der Waals surface area contributed by atoms with E-state index in [0.717, 1.165) is 18.4 Å². The Morgan fingerprint density at radius 2 is 2.05 bits per heavy atom. The van der Waals surface area contributed by atoms with Crippen LogP contribution in [-0.4, -0.2) is 17.5 Å². The standard InChI is InChI=1S/C17H16N2O2/c20-16(14-10-21-17-13(14)6-3-9-18-17)19-15-8-7-11-4-1-2-5-12(11)15/h1-6,9,14-15H,7-8,10H2,(H,19,20)/t14-,15?/m0/s1. The molecule has 0 bridgehead atoms. The van der Waals surface area contributed by atoms with E-state index in [4.69, 9.17) is 4.74 Å². The van der Waals surface area contributed by atoms with E-state index in [0.29, 0.717) is 12.5 Å². The molecule has 2 heterocycles. The quantitative estimate of drug-likeness (QED) is 0.918. The molecule has 1 amide bonds. The van der Waals surface area contributed by atoms with Gasteiger partial charge in [-0.3, -0.25) is 4.79 Å². The van der Waals surface area contributed by atoms with Gasteiger partial charge in [0, 0.05) is 11.8 Å². The number of nitrogens with one attached hydrogen (secondary N) is 1. The number of nitrogens with zero attached hydrogens (tertiary/aromatic N) is 1. The molecule has 0 saturated heterocycles. The molecule has 1 N–H and O–H groups in total. The molecule has 0 radical (unpaired) electrons. The van der Waals surface area contributed by atoms with Crippen LogP contribution < -0.4 is 10.1 Å². The molecule has 2 atom stereocenters. The monoisotopic (exact) mass is 280 g/mol. The minimum absolute atomic E-state index is 0.0310. The van der Waals surface area contributed by atoms with Crippen molar-refractivity contribution in [2.24, 2.45) is 0 Å². The first-order valence-electron chi connectivity index (χ1n) is 7.29. The third kappa shape index (κ3) is 2.07. The molecule has 1 aliphatic carbocycles. The fraction of sp³-hybridized carbons (Fsp3) is 0.294. The van der Waals surface area contributed by atoms with Gasteiger partial charge in [-0.05, 0) is 30.0 Å². The predicted octanol–water partition coefficient (Wildman–Crippen LogP) is 2.36. The van der Waals surface area contributed by atoms with Crippen LogP contribution in [0.5, 0.6) is 5.88 Å². The van der Waals surface area contributed by atoms with Crippen molar-refractivity contribution >= 4 is 5.91 Å². The maximum absolute atomic E-state index is 12.6. The van der Waals surface area contributed by atoms with Crippen LogP contribution in [0.2, 0.25) is 0 Å². The van der Waals surface area contributed by atoms with Crippen molar-refractivity contribution in [3.63, 3.8) is 0 Å².